The van der Waals surface area contributed by atoms with Crippen molar-refractivity contribution in [2.75, 3.05) is 56.1 Å². The zero-order valence-corrected chi connectivity index (χ0v) is 16.1. The average Bonchev–Trinajstić information content (AvgIpc) is 2.69. The Morgan fingerprint density at radius 3 is 2.48 bits per heavy atom. The Morgan fingerprint density at radius 2 is 1.85 bits per heavy atom. The molecule has 0 bridgehead atoms. The molecule has 3 rings (SSSR count). The van der Waals surface area contributed by atoms with Crippen LogP contribution >= 0.6 is 0 Å². The molecule has 0 aromatic carbocycles. The lowest BCUT2D eigenvalue weighted by atomic mass is 10.1. The zero-order valence-electron chi connectivity index (χ0n) is 16.1. The maximum absolute atomic E-state index is 11.8. The average molecular weight is 376 g/mol. The van der Waals surface area contributed by atoms with Gasteiger partial charge in [-0.25, -0.2) is 9.78 Å². The Hall–Kier alpha value is -2.58. The number of ether oxygens (including phenoxy) is 1. The number of likely N-dealkylation sites (tertiary alicyclic amines) is 1. The number of hydrogen-bond acceptors (Lipinski definition) is 7. The van der Waals surface area contributed by atoms with Gasteiger partial charge in [-0.1, -0.05) is 0 Å². The Labute approximate surface area is 159 Å². The number of carbonyl (C=O) groups excluding carboxylic acids is 2. The molecule has 0 atom stereocenters. The van der Waals surface area contributed by atoms with Crippen LogP contribution in [0.1, 0.15) is 26.7 Å². The first-order valence-electron chi connectivity index (χ1n) is 9.58. The number of piperazine rings is 1. The van der Waals surface area contributed by atoms with Crippen LogP contribution in [0.25, 0.3) is 0 Å². The molecule has 3 heterocycles. The van der Waals surface area contributed by atoms with E-state index < -0.39 is 0 Å². The van der Waals surface area contributed by atoms with E-state index in [1.165, 1.54) is 0 Å². The smallest absolute Gasteiger partial charge is 0.409 e. The summed E-state index contributed by atoms with van der Waals surface area (Å²) in [5.74, 6) is 1.59. The van der Waals surface area contributed by atoms with E-state index in [0.29, 0.717) is 38.7 Å². The molecule has 148 valence electrons. The molecule has 9 heteroatoms. The van der Waals surface area contributed by atoms with Gasteiger partial charge in [-0.05, 0) is 25.8 Å². The molecular weight excluding hydrogens is 348 g/mol. The summed E-state index contributed by atoms with van der Waals surface area (Å²) in [5, 5.41) is 3.46. The minimum Gasteiger partial charge on any atom is -0.450 e. The summed E-state index contributed by atoms with van der Waals surface area (Å²) in [6.45, 7) is 8.06. The molecule has 0 aliphatic carbocycles. The summed E-state index contributed by atoms with van der Waals surface area (Å²) in [7, 11) is 0. The number of amides is 2. The number of hydrogen-bond donors (Lipinski definition) is 1. The van der Waals surface area contributed by atoms with Crippen LogP contribution in [-0.4, -0.2) is 83.7 Å². The molecule has 2 fully saturated rings. The summed E-state index contributed by atoms with van der Waals surface area (Å²) >= 11 is 0. The third kappa shape index (κ3) is 4.99. The van der Waals surface area contributed by atoms with Crippen molar-refractivity contribution in [3.8, 4) is 0 Å². The molecule has 0 spiro atoms. The molecule has 0 radical (unpaired) electrons. The molecule has 2 saturated heterocycles. The highest BCUT2D eigenvalue weighted by Gasteiger charge is 2.24. The van der Waals surface area contributed by atoms with Crippen molar-refractivity contribution in [2.45, 2.75) is 32.7 Å². The normalized spacial score (nSPS) is 18.4. The quantitative estimate of drug-likeness (QED) is 0.844. The Bertz CT molecular complexity index is 654. The van der Waals surface area contributed by atoms with Crippen molar-refractivity contribution in [1.29, 1.82) is 0 Å². The van der Waals surface area contributed by atoms with Crippen molar-refractivity contribution < 1.29 is 14.3 Å². The summed E-state index contributed by atoms with van der Waals surface area (Å²) in [6, 6.07) is 2.14. The first kappa shape index (κ1) is 19.2. The van der Waals surface area contributed by atoms with Gasteiger partial charge in [-0.2, -0.15) is 4.98 Å². The molecule has 0 saturated carbocycles. The predicted octanol–water partition coefficient (Wildman–Crippen LogP) is 1.18. The van der Waals surface area contributed by atoms with Crippen LogP contribution in [0.2, 0.25) is 0 Å². The van der Waals surface area contributed by atoms with Gasteiger partial charge in [0.15, 0.2) is 0 Å². The molecule has 9 nitrogen and oxygen atoms in total. The Morgan fingerprint density at radius 1 is 1.15 bits per heavy atom. The summed E-state index contributed by atoms with van der Waals surface area (Å²) in [5.41, 5.74) is 0. The van der Waals surface area contributed by atoms with E-state index in [1.54, 1.807) is 18.0 Å². The van der Waals surface area contributed by atoms with E-state index in [2.05, 4.69) is 20.2 Å². The van der Waals surface area contributed by atoms with Crippen molar-refractivity contribution >= 4 is 23.8 Å². The van der Waals surface area contributed by atoms with Crippen LogP contribution in [0.3, 0.4) is 0 Å². The molecule has 1 aromatic rings. The monoisotopic (exact) mass is 376 g/mol. The fraction of sp³-hybridized carbons (Fsp3) is 0.667. The largest absolute Gasteiger partial charge is 0.450 e. The number of piperidine rings is 1. The predicted molar refractivity (Wildman–Crippen MR) is 102 cm³/mol. The second-order valence-electron chi connectivity index (χ2n) is 6.84. The molecule has 2 aliphatic heterocycles. The number of carbonyl (C=O) groups is 2. The summed E-state index contributed by atoms with van der Waals surface area (Å²) in [4.78, 5) is 38.0. The second-order valence-corrected chi connectivity index (χ2v) is 6.84. The highest BCUT2D eigenvalue weighted by Crippen LogP contribution is 2.18. The van der Waals surface area contributed by atoms with E-state index in [-0.39, 0.29) is 18.0 Å². The van der Waals surface area contributed by atoms with Gasteiger partial charge in [0, 0.05) is 58.4 Å². The third-order valence-electron chi connectivity index (χ3n) is 5.02. The van der Waals surface area contributed by atoms with Crippen molar-refractivity contribution in [3.05, 3.63) is 12.3 Å². The van der Waals surface area contributed by atoms with Gasteiger partial charge in [-0.15, -0.1) is 0 Å². The number of nitrogens with one attached hydrogen (secondary N) is 1. The van der Waals surface area contributed by atoms with E-state index in [1.807, 2.05) is 17.9 Å². The van der Waals surface area contributed by atoms with Crippen LogP contribution in [0.5, 0.6) is 0 Å². The lowest BCUT2D eigenvalue weighted by Gasteiger charge is -2.34. The van der Waals surface area contributed by atoms with Crippen molar-refractivity contribution in [2.24, 2.45) is 0 Å². The molecule has 1 aromatic heterocycles. The summed E-state index contributed by atoms with van der Waals surface area (Å²) < 4.78 is 5.06. The van der Waals surface area contributed by atoms with E-state index in [0.717, 1.165) is 31.7 Å². The number of nitrogens with zero attached hydrogens (tertiary/aromatic N) is 5. The highest BCUT2D eigenvalue weighted by molar-refractivity contribution is 5.73. The lowest BCUT2D eigenvalue weighted by molar-refractivity contribution is -0.129. The van der Waals surface area contributed by atoms with Crippen LogP contribution in [0.4, 0.5) is 16.6 Å². The molecular formula is C18H28N6O3. The van der Waals surface area contributed by atoms with Crippen molar-refractivity contribution in [1.82, 2.24) is 19.8 Å². The second kappa shape index (κ2) is 8.88. The van der Waals surface area contributed by atoms with Gasteiger partial charge in [0.05, 0.1) is 6.61 Å². The van der Waals surface area contributed by atoms with Crippen LogP contribution in [-0.2, 0) is 9.53 Å². The SMILES string of the molecule is CCOC(=O)N1CCC(Nc2ccnc(N3CCN(C(C)=O)CC3)n2)CC1. The van der Waals surface area contributed by atoms with Gasteiger partial charge in [0.1, 0.15) is 5.82 Å². The zero-order chi connectivity index (χ0) is 19.2. The maximum Gasteiger partial charge on any atom is 0.409 e. The Balaban J connectivity index is 1.51. The molecule has 27 heavy (non-hydrogen) atoms. The number of anilines is 2. The fourth-order valence-electron chi connectivity index (χ4n) is 3.43. The minimum absolute atomic E-state index is 0.111. The number of aromatic nitrogens is 2. The van der Waals surface area contributed by atoms with Crippen LogP contribution in [0, 0.1) is 0 Å². The van der Waals surface area contributed by atoms with Gasteiger partial charge < -0.3 is 24.8 Å². The van der Waals surface area contributed by atoms with Gasteiger partial charge in [0.25, 0.3) is 0 Å². The topological polar surface area (TPSA) is 90.9 Å². The highest BCUT2D eigenvalue weighted by atomic mass is 16.6. The van der Waals surface area contributed by atoms with E-state index in [4.69, 9.17) is 4.74 Å². The van der Waals surface area contributed by atoms with E-state index in [9.17, 15) is 9.59 Å². The fourth-order valence-corrected chi connectivity index (χ4v) is 3.43. The summed E-state index contributed by atoms with van der Waals surface area (Å²) in [6.07, 6.45) is 3.24. The first-order chi connectivity index (χ1) is 13.1. The molecule has 1 N–H and O–H groups in total. The first-order valence-corrected chi connectivity index (χ1v) is 9.58. The lowest BCUT2D eigenvalue weighted by Crippen LogP contribution is -2.48. The minimum atomic E-state index is -0.232. The molecule has 2 amide bonds. The van der Waals surface area contributed by atoms with Crippen LogP contribution in [0.15, 0.2) is 12.3 Å². The Kier molecular flexibility index (Phi) is 6.31. The van der Waals surface area contributed by atoms with Gasteiger partial charge >= 0.3 is 6.09 Å². The standard InChI is InChI=1S/C18H28N6O3/c1-3-27-18(26)24-8-5-15(6-9-24)20-16-4-7-19-17(21-16)23-12-10-22(11-13-23)14(2)25/h4,7,15H,3,5-6,8-13H2,1-2H3,(H,19,20,21). The van der Waals surface area contributed by atoms with Gasteiger partial charge in [-0.3, -0.25) is 4.79 Å². The van der Waals surface area contributed by atoms with E-state index >= 15 is 0 Å². The third-order valence-corrected chi connectivity index (χ3v) is 5.02. The molecule has 2 aliphatic rings. The number of rotatable bonds is 4. The van der Waals surface area contributed by atoms with Crippen molar-refractivity contribution in [3.63, 3.8) is 0 Å². The maximum atomic E-state index is 11.8. The van der Waals surface area contributed by atoms with Gasteiger partial charge in [0.2, 0.25) is 11.9 Å². The molecule has 0 unspecified atom stereocenters. The van der Waals surface area contributed by atoms with Crippen LogP contribution < -0.4 is 10.2 Å².